The van der Waals surface area contributed by atoms with Crippen LogP contribution in [-0.2, 0) is 6.61 Å². The van der Waals surface area contributed by atoms with Gasteiger partial charge in [-0.3, -0.25) is 0 Å². The van der Waals surface area contributed by atoms with E-state index in [1.165, 1.54) is 11.3 Å². The minimum atomic E-state index is 0.240. The number of fused-ring (bicyclic) bond motifs is 1. The lowest BCUT2D eigenvalue weighted by Gasteiger charge is -2.12. The Morgan fingerprint density at radius 1 is 1.00 bits per heavy atom. The molecule has 0 bridgehead atoms. The summed E-state index contributed by atoms with van der Waals surface area (Å²) in [5.74, 6) is 0.369. The maximum Gasteiger partial charge on any atom is 0.157 e. The van der Waals surface area contributed by atoms with Gasteiger partial charge in [-0.2, -0.15) is 5.26 Å². The van der Waals surface area contributed by atoms with Crippen molar-refractivity contribution < 1.29 is 4.74 Å². The number of rotatable bonds is 5. The lowest BCUT2D eigenvalue weighted by atomic mass is 10.1. The molecule has 30 heavy (non-hydrogen) atoms. The molecule has 1 heterocycles. The number of para-hydroxylation sites is 1. The maximum absolute atomic E-state index is 9.64. The molecule has 0 aliphatic heterocycles. The molecule has 148 valence electrons. The smallest absolute Gasteiger partial charge is 0.157 e. The second-order valence-electron chi connectivity index (χ2n) is 6.35. The molecule has 0 aliphatic carbocycles. The highest BCUT2D eigenvalue weighted by Gasteiger charge is 2.13. The number of aromatic nitrogens is 1. The van der Waals surface area contributed by atoms with Gasteiger partial charge in [0.15, 0.2) is 5.75 Å². The molecule has 0 N–H and O–H groups in total. The maximum atomic E-state index is 9.64. The third-order valence-electron chi connectivity index (χ3n) is 4.31. The van der Waals surface area contributed by atoms with E-state index in [2.05, 4.69) is 11.1 Å². The number of thiazole rings is 1. The number of benzene rings is 3. The molecule has 4 aromatic rings. The van der Waals surface area contributed by atoms with Gasteiger partial charge in [0.2, 0.25) is 0 Å². The highest BCUT2D eigenvalue weighted by molar-refractivity contribution is 7.19. The quantitative estimate of drug-likeness (QED) is 0.278. The fraction of sp³-hybridized carbons (Fsp3) is 0.0435. The van der Waals surface area contributed by atoms with Crippen molar-refractivity contribution in [2.24, 2.45) is 0 Å². The third-order valence-corrected chi connectivity index (χ3v) is 6.31. The molecule has 7 heteroatoms. The van der Waals surface area contributed by atoms with Gasteiger partial charge in [-0.05, 0) is 42.0 Å². The Labute approximate surface area is 192 Å². The first-order valence-corrected chi connectivity index (χ1v) is 10.8. The average Bonchev–Trinajstić information content (AvgIpc) is 3.16. The monoisotopic (exact) mass is 470 g/mol. The molecule has 1 aromatic heterocycles. The number of halogens is 3. The SMILES string of the molecule is N#CC(=Cc1cc(Cl)c(OCc2ccccc2Cl)c(Cl)c1)c1nc2ccccc2s1. The summed E-state index contributed by atoms with van der Waals surface area (Å²) in [4.78, 5) is 4.54. The van der Waals surface area contributed by atoms with Crippen LogP contribution in [0.4, 0.5) is 0 Å². The summed E-state index contributed by atoms with van der Waals surface area (Å²) in [6.07, 6.45) is 1.72. The largest absolute Gasteiger partial charge is 0.486 e. The molecule has 4 rings (SSSR count). The van der Waals surface area contributed by atoms with Crippen LogP contribution in [0.25, 0.3) is 21.9 Å². The van der Waals surface area contributed by atoms with Gasteiger partial charge >= 0.3 is 0 Å². The van der Waals surface area contributed by atoms with E-state index in [0.717, 1.165) is 15.8 Å². The van der Waals surface area contributed by atoms with Crippen LogP contribution in [0.2, 0.25) is 15.1 Å². The van der Waals surface area contributed by atoms with E-state index in [1.807, 2.05) is 42.5 Å². The van der Waals surface area contributed by atoms with Crippen LogP contribution < -0.4 is 4.74 Å². The van der Waals surface area contributed by atoms with Gasteiger partial charge in [0.05, 0.1) is 25.8 Å². The number of allylic oxidation sites excluding steroid dienone is 1. The van der Waals surface area contributed by atoms with Gasteiger partial charge in [0.1, 0.15) is 17.7 Å². The normalized spacial score (nSPS) is 11.5. The second kappa shape index (κ2) is 9.07. The zero-order chi connectivity index (χ0) is 21.1. The van der Waals surface area contributed by atoms with Crippen molar-refractivity contribution in [2.45, 2.75) is 6.61 Å². The van der Waals surface area contributed by atoms with E-state index in [-0.39, 0.29) is 6.61 Å². The number of ether oxygens (including phenoxy) is 1. The standard InChI is InChI=1S/C23H13Cl3N2OS/c24-17-6-2-1-5-15(17)13-29-22-18(25)10-14(11-19(22)26)9-16(12-27)23-28-20-7-3-4-8-21(20)30-23/h1-11H,13H2. The molecule has 0 saturated heterocycles. The zero-order valence-electron chi connectivity index (χ0n) is 15.4. The van der Waals surface area contributed by atoms with E-state index in [0.29, 0.717) is 37.0 Å². The number of hydrogen-bond donors (Lipinski definition) is 0. The first kappa shape index (κ1) is 20.7. The van der Waals surface area contributed by atoms with Crippen molar-refractivity contribution in [1.29, 1.82) is 5.26 Å². The molecule has 0 saturated carbocycles. The van der Waals surface area contributed by atoms with Gasteiger partial charge in [-0.15, -0.1) is 11.3 Å². The van der Waals surface area contributed by atoms with Crippen LogP contribution in [0.15, 0.2) is 60.7 Å². The summed E-state index contributed by atoms with van der Waals surface area (Å²) in [6.45, 7) is 0.240. The van der Waals surface area contributed by atoms with E-state index in [9.17, 15) is 5.26 Å². The Hall–Kier alpha value is -2.55. The fourth-order valence-corrected chi connectivity index (χ4v) is 4.60. The minimum absolute atomic E-state index is 0.240. The topological polar surface area (TPSA) is 45.9 Å². The first-order chi connectivity index (χ1) is 14.5. The van der Waals surface area contributed by atoms with Crippen LogP contribution in [0, 0.1) is 11.3 Å². The van der Waals surface area contributed by atoms with Gasteiger partial charge in [-0.1, -0.05) is 65.1 Å². The van der Waals surface area contributed by atoms with Crippen molar-refractivity contribution in [1.82, 2.24) is 4.98 Å². The van der Waals surface area contributed by atoms with Crippen molar-refractivity contribution >= 4 is 68.0 Å². The predicted octanol–water partition coefficient (Wildman–Crippen LogP) is 7.90. The zero-order valence-corrected chi connectivity index (χ0v) is 18.5. The summed E-state index contributed by atoms with van der Waals surface area (Å²) >= 11 is 20.4. The second-order valence-corrected chi connectivity index (χ2v) is 8.60. The molecule has 0 atom stereocenters. The molecular formula is C23H13Cl3N2OS. The van der Waals surface area contributed by atoms with Crippen molar-refractivity contribution in [3.8, 4) is 11.8 Å². The van der Waals surface area contributed by atoms with Crippen LogP contribution in [0.1, 0.15) is 16.1 Å². The number of nitrogens with zero attached hydrogens (tertiary/aromatic N) is 2. The lowest BCUT2D eigenvalue weighted by molar-refractivity contribution is 0.306. The Kier molecular flexibility index (Phi) is 6.26. The van der Waals surface area contributed by atoms with Crippen molar-refractivity contribution in [3.63, 3.8) is 0 Å². The van der Waals surface area contributed by atoms with Gasteiger partial charge in [-0.25, -0.2) is 4.98 Å². The highest BCUT2D eigenvalue weighted by Crippen LogP contribution is 2.36. The van der Waals surface area contributed by atoms with E-state index >= 15 is 0 Å². The third kappa shape index (κ3) is 4.45. The first-order valence-electron chi connectivity index (χ1n) is 8.88. The molecular weight excluding hydrogens is 459 g/mol. The molecule has 0 fully saturated rings. The number of hydrogen-bond acceptors (Lipinski definition) is 4. The number of nitriles is 1. The molecule has 0 aliphatic rings. The molecule has 0 unspecified atom stereocenters. The van der Waals surface area contributed by atoms with Gasteiger partial charge in [0, 0.05) is 10.6 Å². The summed E-state index contributed by atoms with van der Waals surface area (Å²) in [5.41, 5.74) is 2.81. The van der Waals surface area contributed by atoms with Crippen LogP contribution >= 0.6 is 46.1 Å². The Balaban J connectivity index is 1.61. The van der Waals surface area contributed by atoms with E-state index in [4.69, 9.17) is 39.5 Å². The summed E-state index contributed by atoms with van der Waals surface area (Å²) in [6, 6.07) is 20.8. The molecule has 3 nitrogen and oxygen atoms in total. The van der Waals surface area contributed by atoms with Gasteiger partial charge in [0.25, 0.3) is 0 Å². The summed E-state index contributed by atoms with van der Waals surface area (Å²) < 4.78 is 6.82. The Bertz CT molecular complexity index is 1250. The summed E-state index contributed by atoms with van der Waals surface area (Å²) in [7, 11) is 0. The van der Waals surface area contributed by atoms with Crippen LogP contribution in [0.5, 0.6) is 5.75 Å². The summed E-state index contributed by atoms with van der Waals surface area (Å²) in [5, 5.41) is 11.6. The molecule has 3 aromatic carbocycles. The molecule has 0 spiro atoms. The van der Waals surface area contributed by atoms with Gasteiger partial charge < -0.3 is 4.74 Å². The van der Waals surface area contributed by atoms with Crippen molar-refractivity contribution in [2.75, 3.05) is 0 Å². The van der Waals surface area contributed by atoms with Crippen LogP contribution in [0.3, 0.4) is 0 Å². The average molecular weight is 472 g/mol. The van der Waals surface area contributed by atoms with E-state index in [1.54, 1.807) is 24.3 Å². The van der Waals surface area contributed by atoms with Crippen LogP contribution in [-0.4, -0.2) is 4.98 Å². The Morgan fingerprint density at radius 3 is 2.40 bits per heavy atom. The Morgan fingerprint density at radius 2 is 1.70 bits per heavy atom. The predicted molar refractivity (Wildman–Crippen MR) is 125 cm³/mol. The van der Waals surface area contributed by atoms with E-state index < -0.39 is 0 Å². The fourth-order valence-electron chi connectivity index (χ4n) is 2.86. The molecule has 0 amide bonds. The highest BCUT2D eigenvalue weighted by atomic mass is 35.5. The van der Waals surface area contributed by atoms with Crippen molar-refractivity contribution in [3.05, 3.63) is 91.9 Å². The lowest BCUT2D eigenvalue weighted by Crippen LogP contribution is -1.97. The minimum Gasteiger partial charge on any atom is -0.486 e. The molecule has 0 radical (unpaired) electrons.